The molecule has 0 spiro atoms. The Morgan fingerprint density at radius 2 is 0.352 bits per heavy atom. The second-order valence-electron chi connectivity index (χ2n) is 11.5. The van der Waals surface area contributed by atoms with E-state index in [4.69, 9.17) is 26.5 Å². The molecule has 18 heteroatoms. The fraction of sp³-hybridized carbons (Fsp3) is 0. The van der Waals surface area contributed by atoms with E-state index in [1.807, 2.05) is 72.8 Å². The van der Waals surface area contributed by atoms with Crippen molar-refractivity contribution in [2.75, 3.05) is 0 Å². The molecule has 258 valence electrons. The summed E-state index contributed by atoms with van der Waals surface area (Å²) in [5.74, 6) is -0.355. The lowest BCUT2D eigenvalue weighted by atomic mass is 10.1. The van der Waals surface area contributed by atoms with Crippen molar-refractivity contribution in [1.82, 2.24) is 61.2 Å². The van der Waals surface area contributed by atoms with Gasteiger partial charge < -0.3 is 26.5 Å². The minimum atomic E-state index is -0.0591. The first kappa shape index (κ1) is 30.5. The van der Waals surface area contributed by atoms with E-state index in [1.54, 1.807) is 36.4 Å². The topological polar surface area (TPSA) is 234 Å². The van der Waals surface area contributed by atoms with Crippen LogP contribution in [0.5, 0.6) is 0 Å². The van der Waals surface area contributed by atoms with Crippen LogP contribution in [-0.2, 0) is 0 Å². The van der Waals surface area contributed by atoms with Gasteiger partial charge in [-0.05, 0) is 105 Å². The van der Waals surface area contributed by atoms with E-state index in [2.05, 4.69) is 61.2 Å². The minimum absolute atomic E-state index is 0.0591. The van der Waals surface area contributed by atoms with Gasteiger partial charge >= 0.3 is 35.1 Å². The van der Waals surface area contributed by atoms with Crippen molar-refractivity contribution in [2.24, 2.45) is 0 Å². The Bertz CT molecular complexity index is 2760. The maximum Gasteiger partial charge on any atom is 0.360 e. The van der Waals surface area contributed by atoms with Crippen LogP contribution in [0.1, 0.15) is 0 Å². The normalized spacial score (nSPS) is 11.3. The number of aromatic nitrogens is 12. The first-order valence-electron chi connectivity index (χ1n) is 16.0. The van der Waals surface area contributed by atoms with Gasteiger partial charge in [-0.2, -0.15) is 0 Å². The summed E-state index contributed by atoms with van der Waals surface area (Å²) in [5, 5.41) is 53.2. The Hall–Kier alpha value is -8.28. The van der Waals surface area contributed by atoms with Crippen LogP contribution in [0.2, 0.25) is 0 Å². The van der Waals surface area contributed by atoms with E-state index >= 15 is 0 Å². The van der Waals surface area contributed by atoms with Crippen LogP contribution in [0, 0.1) is 0 Å². The molecule has 0 fully saturated rings. The van der Waals surface area contributed by atoms with Gasteiger partial charge in [0, 0.05) is 0 Å². The standard InChI is InChI=1S/C36H18N12O6/c1-7-25-14-20-2-8-26(13-19(1)20)50-32-39-43-34(44-40-32)52-28-10-4-24-18-30(12-6-23(24)16-28)54-36-47-45-35(46-48-36)53-29-11-5-21-15-27(9-3-22(21)17-29)51-33-41-37-31(49-25)38-42-33/h1-18H. The number of nitrogens with zero attached hydrogens (tertiary/aromatic N) is 12. The maximum absolute atomic E-state index is 5.79. The van der Waals surface area contributed by atoms with Crippen LogP contribution in [-0.4, -0.2) is 61.2 Å². The van der Waals surface area contributed by atoms with E-state index in [0.717, 1.165) is 32.3 Å². The zero-order chi connectivity index (χ0) is 35.8. The Morgan fingerprint density at radius 1 is 0.204 bits per heavy atom. The molecule has 0 N–H and O–H groups in total. The Morgan fingerprint density at radius 3 is 0.500 bits per heavy atom. The van der Waals surface area contributed by atoms with Gasteiger partial charge in [-0.1, -0.05) is 97.6 Å². The predicted octanol–water partition coefficient (Wildman–Crippen LogP) is 7.42. The summed E-state index contributed by atoms with van der Waals surface area (Å²) in [6.07, 6.45) is 0. The summed E-state index contributed by atoms with van der Waals surface area (Å²) in [4.78, 5) is 0. The lowest BCUT2D eigenvalue weighted by Gasteiger charge is -1.98. The molecule has 6 aromatic carbocycles. The molecule has 54 heavy (non-hydrogen) atoms. The molecule has 0 saturated carbocycles. The Balaban J connectivity index is 1.11. The van der Waals surface area contributed by atoms with Crippen molar-refractivity contribution >= 4 is 101 Å². The predicted molar refractivity (Wildman–Crippen MR) is 190 cm³/mol. The minimum Gasteiger partial charge on any atom is -0.422 e. The highest BCUT2D eigenvalue weighted by atomic mass is 16.4. The maximum atomic E-state index is 5.79. The summed E-state index contributed by atoms with van der Waals surface area (Å²) in [6, 6.07) is 32.5. The molecular formula is C36H18N12O6. The molecule has 29 aromatic rings. The molecule has 0 aliphatic rings. The van der Waals surface area contributed by atoms with Gasteiger partial charge in [0.05, 0.1) is 0 Å². The highest BCUT2D eigenvalue weighted by Crippen LogP contribution is 2.22. The molecule has 0 unspecified atom stereocenters. The molecule has 0 aliphatic heterocycles. The zero-order valence-electron chi connectivity index (χ0n) is 27.2. The first-order chi connectivity index (χ1) is 26.6. The second-order valence-corrected chi connectivity index (χ2v) is 11.5. The van der Waals surface area contributed by atoms with Crippen molar-refractivity contribution in [3.63, 3.8) is 0 Å². The molecule has 29 rings (SSSR count). The molecule has 23 aromatic heterocycles. The van der Waals surface area contributed by atoms with Gasteiger partial charge in [0.1, 0.15) is 33.5 Å². The van der Waals surface area contributed by atoms with Crippen LogP contribution < -0.4 is 0 Å². The van der Waals surface area contributed by atoms with E-state index in [9.17, 15) is 0 Å². The van der Waals surface area contributed by atoms with Crippen molar-refractivity contribution < 1.29 is 26.5 Å². The van der Waals surface area contributed by atoms with Crippen LogP contribution in [0.4, 0.5) is 0 Å². The lowest BCUT2D eigenvalue weighted by Crippen LogP contribution is -1.90. The van der Waals surface area contributed by atoms with Gasteiger partial charge in [-0.3, -0.25) is 0 Å². The molecule has 0 saturated heterocycles. The van der Waals surface area contributed by atoms with Crippen LogP contribution in [0.3, 0.4) is 0 Å². The van der Waals surface area contributed by atoms with Crippen molar-refractivity contribution in [3.8, 4) is 0 Å². The van der Waals surface area contributed by atoms with Crippen LogP contribution in [0.15, 0.2) is 136 Å². The number of hydrogen-bond acceptors (Lipinski definition) is 18. The van der Waals surface area contributed by atoms with E-state index in [-0.39, 0.29) is 35.1 Å². The monoisotopic (exact) mass is 714 g/mol. The molecule has 0 amide bonds. The van der Waals surface area contributed by atoms with Gasteiger partial charge in [0.25, 0.3) is 0 Å². The van der Waals surface area contributed by atoms with Crippen molar-refractivity contribution in [1.29, 1.82) is 0 Å². The van der Waals surface area contributed by atoms with Gasteiger partial charge in [0.2, 0.25) is 0 Å². The average molecular weight is 715 g/mol. The Kier molecular flexibility index (Phi) is 7.24. The summed E-state index contributed by atoms with van der Waals surface area (Å²) < 4.78 is 34.8. The fourth-order valence-corrected chi connectivity index (χ4v) is 5.50. The lowest BCUT2D eigenvalue weighted by molar-refractivity contribution is 0.565. The van der Waals surface area contributed by atoms with Gasteiger partial charge in [0.15, 0.2) is 0 Å². The van der Waals surface area contributed by atoms with E-state index in [0.29, 0.717) is 33.5 Å². The smallest absolute Gasteiger partial charge is 0.360 e. The Labute approximate surface area is 297 Å². The van der Waals surface area contributed by atoms with Crippen LogP contribution >= 0.6 is 0 Å². The molecule has 0 radical (unpaired) electrons. The largest absolute Gasteiger partial charge is 0.422 e. The summed E-state index contributed by atoms with van der Waals surface area (Å²) in [5.41, 5.74) is 2.85. The molecule has 23 heterocycles. The van der Waals surface area contributed by atoms with Gasteiger partial charge in [-0.25, -0.2) is 0 Å². The molecule has 0 atom stereocenters. The SMILES string of the molecule is c1cc2cc3ccc2cc1oc1nnc(nn1)oc1ccc2cc(ccc2c1)oc1nnc(nn1)oc1ccc2cc(ccc2c1)oc1nnc(nn1)o3. The van der Waals surface area contributed by atoms with Crippen molar-refractivity contribution in [2.45, 2.75) is 0 Å². The average Bonchev–Trinajstić information content (AvgIpc) is 3.20. The zero-order valence-corrected chi connectivity index (χ0v) is 27.2. The molecule has 18 bridgehead atoms. The van der Waals surface area contributed by atoms with E-state index in [1.165, 1.54) is 0 Å². The first-order valence-corrected chi connectivity index (χ1v) is 16.0. The summed E-state index contributed by atoms with van der Waals surface area (Å²) >= 11 is 0. The molecule has 18 nitrogen and oxygen atoms in total. The van der Waals surface area contributed by atoms with E-state index < -0.39 is 0 Å². The molecular weight excluding hydrogens is 696 g/mol. The third-order valence-electron chi connectivity index (χ3n) is 7.93. The third kappa shape index (κ3) is 6.39. The van der Waals surface area contributed by atoms with Crippen molar-refractivity contribution in [3.05, 3.63) is 109 Å². The number of rotatable bonds is 0. The number of hydrogen-bond donors (Lipinski definition) is 0. The second kappa shape index (κ2) is 12.8. The molecule has 0 aliphatic carbocycles. The highest BCUT2D eigenvalue weighted by Gasteiger charge is 2.03. The number of benzene rings is 6. The fourth-order valence-electron chi connectivity index (χ4n) is 5.50. The van der Waals surface area contributed by atoms with Gasteiger partial charge in [-0.15, -0.1) is 0 Å². The highest BCUT2D eigenvalue weighted by molar-refractivity contribution is 5.90. The quantitative estimate of drug-likeness (QED) is 0.148. The third-order valence-corrected chi connectivity index (χ3v) is 7.93. The van der Waals surface area contributed by atoms with Crippen LogP contribution in [0.25, 0.3) is 101 Å². The summed E-state index contributed by atoms with van der Waals surface area (Å²) in [6.45, 7) is 0. The summed E-state index contributed by atoms with van der Waals surface area (Å²) in [7, 11) is 0.